The molecule has 0 saturated carbocycles. The van der Waals surface area contributed by atoms with Crippen LogP contribution < -0.4 is 0 Å². The Morgan fingerprint density at radius 3 is 2.68 bits per heavy atom. The number of nitrogens with zero attached hydrogens (tertiary/aromatic N) is 1. The van der Waals surface area contributed by atoms with Gasteiger partial charge in [0, 0.05) is 6.61 Å². The lowest BCUT2D eigenvalue weighted by atomic mass is 10.0. The number of hydrogen-bond donors (Lipinski definition) is 0. The number of benzene rings is 1. The second kappa shape index (κ2) is 7.13. The first kappa shape index (κ1) is 16.8. The van der Waals surface area contributed by atoms with Crippen molar-refractivity contribution in [1.29, 1.82) is 0 Å². The highest BCUT2D eigenvalue weighted by molar-refractivity contribution is 5.79. The number of amides is 1. The summed E-state index contributed by atoms with van der Waals surface area (Å²) in [7, 11) is 0. The fourth-order valence-electron chi connectivity index (χ4n) is 2.66. The van der Waals surface area contributed by atoms with E-state index < -0.39 is 24.7 Å². The third-order valence-corrected chi connectivity index (χ3v) is 3.85. The molecule has 1 amide bonds. The van der Waals surface area contributed by atoms with Crippen LogP contribution in [0.1, 0.15) is 24.0 Å². The Kier molecular flexibility index (Phi) is 5.45. The standard InChI is InChI=1S/C16H20F3NO2/c1-12-5-2-3-6-13(12)9-15(21)20(11-16(17,18)19)14-7-4-8-22-10-14/h2-3,5-6,14H,4,7-11H2,1H3. The minimum absolute atomic E-state index is 0.0146. The van der Waals surface area contributed by atoms with Crippen LogP contribution in [-0.2, 0) is 16.0 Å². The Hall–Kier alpha value is -1.56. The SMILES string of the molecule is Cc1ccccc1CC(=O)N(CC(F)(F)F)C1CCCOC1. The minimum atomic E-state index is -4.40. The van der Waals surface area contributed by atoms with Crippen molar-refractivity contribution in [3.63, 3.8) is 0 Å². The number of carbonyl (C=O) groups is 1. The number of carbonyl (C=O) groups excluding carboxylic acids is 1. The zero-order chi connectivity index (χ0) is 16.2. The van der Waals surface area contributed by atoms with E-state index >= 15 is 0 Å². The van der Waals surface area contributed by atoms with Gasteiger partial charge in [-0.25, -0.2) is 0 Å². The van der Waals surface area contributed by atoms with Crippen molar-refractivity contribution in [2.45, 2.75) is 38.4 Å². The highest BCUT2D eigenvalue weighted by Crippen LogP contribution is 2.23. The summed E-state index contributed by atoms with van der Waals surface area (Å²) in [5.74, 6) is -0.498. The third-order valence-electron chi connectivity index (χ3n) is 3.85. The molecule has 1 saturated heterocycles. The van der Waals surface area contributed by atoms with Gasteiger partial charge in [0.1, 0.15) is 6.54 Å². The molecule has 0 aliphatic carbocycles. The van der Waals surface area contributed by atoms with Gasteiger partial charge in [-0.15, -0.1) is 0 Å². The van der Waals surface area contributed by atoms with E-state index in [0.717, 1.165) is 16.0 Å². The molecule has 6 heteroatoms. The van der Waals surface area contributed by atoms with Gasteiger partial charge in [-0.05, 0) is 30.9 Å². The molecule has 1 aliphatic rings. The zero-order valence-electron chi connectivity index (χ0n) is 12.5. The van der Waals surface area contributed by atoms with Gasteiger partial charge in [0.25, 0.3) is 0 Å². The predicted octanol–water partition coefficient (Wildman–Crippen LogP) is 3.11. The van der Waals surface area contributed by atoms with Crippen LogP contribution in [0.3, 0.4) is 0 Å². The molecule has 0 radical (unpaired) electrons. The lowest BCUT2D eigenvalue weighted by molar-refractivity contribution is -0.169. The number of rotatable bonds is 4. The molecule has 1 unspecified atom stereocenters. The Morgan fingerprint density at radius 2 is 2.09 bits per heavy atom. The summed E-state index contributed by atoms with van der Waals surface area (Å²) < 4.78 is 43.7. The summed E-state index contributed by atoms with van der Waals surface area (Å²) in [6, 6.07) is 6.75. The molecule has 0 aromatic heterocycles. The van der Waals surface area contributed by atoms with Crippen molar-refractivity contribution in [1.82, 2.24) is 4.90 Å². The average molecular weight is 315 g/mol. The van der Waals surface area contributed by atoms with Crippen molar-refractivity contribution < 1.29 is 22.7 Å². The molecule has 3 nitrogen and oxygen atoms in total. The lowest BCUT2D eigenvalue weighted by Gasteiger charge is -2.35. The molecule has 1 aromatic carbocycles. The molecule has 0 spiro atoms. The van der Waals surface area contributed by atoms with Crippen molar-refractivity contribution in [2.24, 2.45) is 0 Å². The molecule has 1 fully saturated rings. The highest BCUT2D eigenvalue weighted by Gasteiger charge is 2.37. The zero-order valence-corrected chi connectivity index (χ0v) is 12.5. The van der Waals surface area contributed by atoms with Crippen LogP contribution in [0.15, 0.2) is 24.3 Å². The van der Waals surface area contributed by atoms with Crippen molar-refractivity contribution in [2.75, 3.05) is 19.8 Å². The van der Waals surface area contributed by atoms with Gasteiger partial charge in [-0.2, -0.15) is 13.2 Å². The molecule has 122 valence electrons. The molecular weight excluding hydrogens is 295 g/mol. The van der Waals surface area contributed by atoms with Crippen LogP contribution in [0.5, 0.6) is 0 Å². The molecule has 2 rings (SSSR count). The molecule has 1 atom stereocenters. The molecule has 0 bridgehead atoms. The maximum absolute atomic E-state index is 12.8. The Labute approximate surface area is 128 Å². The lowest BCUT2D eigenvalue weighted by Crippen LogP contribution is -2.49. The molecular formula is C16H20F3NO2. The second-order valence-electron chi connectivity index (χ2n) is 5.61. The number of ether oxygens (including phenoxy) is 1. The van der Waals surface area contributed by atoms with E-state index in [9.17, 15) is 18.0 Å². The maximum Gasteiger partial charge on any atom is 0.406 e. The fraction of sp³-hybridized carbons (Fsp3) is 0.562. The Bertz CT molecular complexity index is 510. The topological polar surface area (TPSA) is 29.5 Å². The van der Waals surface area contributed by atoms with Gasteiger partial charge >= 0.3 is 6.18 Å². The van der Waals surface area contributed by atoms with Crippen molar-refractivity contribution in [3.05, 3.63) is 35.4 Å². The van der Waals surface area contributed by atoms with Gasteiger partial charge in [0.15, 0.2) is 0 Å². The van der Waals surface area contributed by atoms with E-state index in [4.69, 9.17) is 4.74 Å². The first-order chi connectivity index (χ1) is 10.4. The van der Waals surface area contributed by atoms with Crippen LogP contribution in [0, 0.1) is 6.92 Å². The van der Waals surface area contributed by atoms with E-state index in [0.29, 0.717) is 19.4 Å². The smallest absolute Gasteiger partial charge is 0.379 e. The minimum Gasteiger partial charge on any atom is -0.379 e. The Balaban J connectivity index is 2.12. The molecule has 0 N–H and O–H groups in total. The van der Waals surface area contributed by atoms with E-state index in [-0.39, 0.29) is 13.0 Å². The first-order valence-corrected chi connectivity index (χ1v) is 7.35. The number of halogens is 3. The Morgan fingerprint density at radius 1 is 1.36 bits per heavy atom. The summed E-state index contributed by atoms with van der Waals surface area (Å²) in [5.41, 5.74) is 1.67. The number of aryl methyl sites for hydroxylation is 1. The summed E-state index contributed by atoms with van der Waals surface area (Å²) in [4.78, 5) is 13.3. The van der Waals surface area contributed by atoms with E-state index in [2.05, 4.69) is 0 Å². The van der Waals surface area contributed by atoms with Gasteiger partial charge in [-0.3, -0.25) is 4.79 Å². The van der Waals surface area contributed by atoms with Crippen LogP contribution in [0.4, 0.5) is 13.2 Å². The normalized spacial score (nSPS) is 19.0. The summed E-state index contributed by atoms with van der Waals surface area (Å²) in [6.07, 6.45) is -3.19. The van der Waals surface area contributed by atoms with Gasteiger partial charge in [0.2, 0.25) is 5.91 Å². The van der Waals surface area contributed by atoms with Crippen molar-refractivity contribution in [3.8, 4) is 0 Å². The quantitative estimate of drug-likeness (QED) is 0.854. The third kappa shape index (κ3) is 4.73. The maximum atomic E-state index is 12.8. The van der Waals surface area contributed by atoms with Crippen LogP contribution in [0.2, 0.25) is 0 Å². The molecule has 1 aliphatic heterocycles. The van der Waals surface area contributed by atoms with Crippen LogP contribution in [-0.4, -0.2) is 42.8 Å². The average Bonchev–Trinajstić information content (AvgIpc) is 2.47. The van der Waals surface area contributed by atoms with E-state index in [1.165, 1.54) is 0 Å². The van der Waals surface area contributed by atoms with Crippen molar-refractivity contribution >= 4 is 5.91 Å². The first-order valence-electron chi connectivity index (χ1n) is 7.35. The van der Waals surface area contributed by atoms with Gasteiger partial charge in [-0.1, -0.05) is 24.3 Å². The van der Waals surface area contributed by atoms with E-state index in [1.54, 1.807) is 12.1 Å². The number of hydrogen-bond acceptors (Lipinski definition) is 2. The summed E-state index contributed by atoms with van der Waals surface area (Å²) in [6.45, 7) is 1.35. The largest absolute Gasteiger partial charge is 0.406 e. The summed E-state index contributed by atoms with van der Waals surface area (Å²) in [5, 5.41) is 0. The van der Waals surface area contributed by atoms with Crippen LogP contribution >= 0.6 is 0 Å². The molecule has 22 heavy (non-hydrogen) atoms. The molecule has 1 aromatic rings. The predicted molar refractivity (Wildman–Crippen MR) is 76.5 cm³/mol. The molecule has 1 heterocycles. The highest BCUT2D eigenvalue weighted by atomic mass is 19.4. The summed E-state index contributed by atoms with van der Waals surface area (Å²) >= 11 is 0. The second-order valence-corrected chi connectivity index (χ2v) is 5.61. The number of alkyl halides is 3. The van der Waals surface area contributed by atoms with Crippen LogP contribution in [0.25, 0.3) is 0 Å². The fourth-order valence-corrected chi connectivity index (χ4v) is 2.66. The monoisotopic (exact) mass is 315 g/mol. The van der Waals surface area contributed by atoms with E-state index in [1.807, 2.05) is 19.1 Å². The van der Waals surface area contributed by atoms with Gasteiger partial charge < -0.3 is 9.64 Å². The van der Waals surface area contributed by atoms with Gasteiger partial charge in [0.05, 0.1) is 19.1 Å².